The number of pyridine rings is 1. The van der Waals surface area contributed by atoms with Gasteiger partial charge in [-0.1, -0.05) is 17.7 Å². The van der Waals surface area contributed by atoms with E-state index in [-0.39, 0.29) is 12.5 Å². The number of anilines is 1. The van der Waals surface area contributed by atoms with Gasteiger partial charge in [0.1, 0.15) is 23.1 Å². The van der Waals surface area contributed by atoms with E-state index in [4.69, 9.17) is 20.8 Å². The first-order chi connectivity index (χ1) is 12.9. The summed E-state index contributed by atoms with van der Waals surface area (Å²) in [5, 5.41) is 0.657. The molecule has 5 nitrogen and oxygen atoms in total. The Bertz CT molecular complexity index is 924. The highest BCUT2D eigenvalue weighted by Gasteiger charge is 2.25. The normalized spacial score (nSPS) is 11.9. The minimum absolute atomic E-state index is 0.213. The van der Waals surface area contributed by atoms with Crippen molar-refractivity contribution in [3.8, 4) is 5.75 Å². The molecule has 140 valence electrons. The molecule has 0 N–H and O–H groups in total. The summed E-state index contributed by atoms with van der Waals surface area (Å²) in [6.45, 7) is 5.75. The number of nitrogens with zero attached hydrogens (tertiary/aromatic N) is 2. The van der Waals surface area contributed by atoms with E-state index in [2.05, 4.69) is 4.98 Å². The zero-order chi connectivity index (χ0) is 19.4. The van der Waals surface area contributed by atoms with Crippen LogP contribution >= 0.6 is 11.6 Å². The Hall–Kier alpha value is -2.79. The van der Waals surface area contributed by atoms with Gasteiger partial charge in [-0.25, -0.2) is 4.98 Å². The number of furan rings is 1. The summed E-state index contributed by atoms with van der Waals surface area (Å²) in [4.78, 5) is 19.0. The lowest BCUT2D eigenvalue weighted by atomic mass is 10.2. The summed E-state index contributed by atoms with van der Waals surface area (Å²) < 4.78 is 11.5. The maximum absolute atomic E-state index is 13.1. The number of amides is 1. The van der Waals surface area contributed by atoms with Crippen molar-refractivity contribution in [2.75, 3.05) is 4.90 Å². The fourth-order valence-corrected chi connectivity index (χ4v) is 2.79. The number of halogens is 1. The van der Waals surface area contributed by atoms with Crippen molar-refractivity contribution in [1.82, 2.24) is 4.98 Å². The van der Waals surface area contributed by atoms with Gasteiger partial charge in [0, 0.05) is 11.2 Å². The summed E-state index contributed by atoms with van der Waals surface area (Å²) in [7, 11) is 0. The van der Waals surface area contributed by atoms with Crippen LogP contribution in [0.2, 0.25) is 5.02 Å². The van der Waals surface area contributed by atoms with Crippen molar-refractivity contribution in [3.05, 3.63) is 76.8 Å². The van der Waals surface area contributed by atoms with Gasteiger partial charge in [-0.2, -0.15) is 0 Å². The van der Waals surface area contributed by atoms with Gasteiger partial charge in [0.05, 0.1) is 6.54 Å². The molecule has 27 heavy (non-hydrogen) atoms. The van der Waals surface area contributed by atoms with Crippen LogP contribution in [-0.4, -0.2) is 17.0 Å². The molecule has 1 amide bonds. The number of ether oxygens (including phenoxy) is 1. The fourth-order valence-electron chi connectivity index (χ4n) is 2.68. The van der Waals surface area contributed by atoms with Crippen LogP contribution in [0.5, 0.6) is 5.75 Å². The summed E-state index contributed by atoms with van der Waals surface area (Å²) in [6, 6.07) is 14.5. The topological polar surface area (TPSA) is 55.6 Å². The number of aromatic nitrogens is 1. The van der Waals surface area contributed by atoms with Gasteiger partial charge >= 0.3 is 0 Å². The zero-order valence-electron chi connectivity index (χ0n) is 15.5. The smallest absolute Gasteiger partial charge is 0.269 e. The highest BCUT2D eigenvalue weighted by atomic mass is 35.5. The first-order valence-corrected chi connectivity index (χ1v) is 9.02. The van der Waals surface area contributed by atoms with Gasteiger partial charge in [0.2, 0.25) is 0 Å². The van der Waals surface area contributed by atoms with Crippen LogP contribution < -0.4 is 9.64 Å². The van der Waals surface area contributed by atoms with Crippen molar-refractivity contribution in [2.24, 2.45) is 0 Å². The van der Waals surface area contributed by atoms with Gasteiger partial charge in [0.25, 0.3) is 5.91 Å². The van der Waals surface area contributed by atoms with E-state index in [0.29, 0.717) is 22.4 Å². The van der Waals surface area contributed by atoms with Crippen LogP contribution in [0.1, 0.15) is 24.0 Å². The SMILES string of the molecule is Cc1ccc(CN(C(=O)[C@H](C)Oc2ccc(Cl)c(C)c2)c2ccccn2)o1. The number of rotatable bonds is 6. The van der Waals surface area contributed by atoms with Crippen LogP contribution in [0.4, 0.5) is 5.82 Å². The van der Waals surface area contributed by atoms with Crippen LogP contribution in [-0.2, 0) is 11.3 Å². The molecule has 2 heterocycles. The maximum atomic E-state index is 13.1. The molecule has 0 radical (unpaired) electrons. The molecule has 0 saturated carbocycles. The first kappa shape index (κ1) is 19.0. The van der Waals surface area contributed by atoms with Gasteiger partial charge in [0.15, 0.2) is 6.10 Å². The Labute approximate surface area is 163 Å². The molecule has 0 fully saturated rings. The molecule has 0 bridgehead atoms. The summed E-state index contributed by atoms with van der Waals surface area (Å²) in [5.74, 6) is 2.39. The highest BCUT2D eigenvalue weighted by molar-refractivity contribution is 6.31. The second kappa shape index (κ2) is 8.27. The molecular formula is C21H21ClN2O3. The Morgan fingerprint density at radius 3 is 2.67 bits per heavy atom. The van der Waals surface area contributed by atoms with Crippen LogP contribution in [0.3, 0.4) is 0 Å². The quantitative estimate of drug-likeness (QED) is 0.603. The molecule has 0 aliphatic carbocycles. The Balaban J connectivity index is 1.81. The second-order valence-corrected chi connectivity index (χ2v) is 6.70. The average molecular weight is 385 g/mol. The summed E-state index contributed by atoms with van der Waals surface area (Å²) in [5.41, 5.74) is 0.890. The van der Waals surface area contributed by atoms with Crippen molar-refractivity contribution in [3.63, 3.8) is 0 Å². The Morgan fingerprint density at radius 1 is 1.22 bits per heavy atom. The molecule has 3 aromatic rings. The van der Waals surface area contributed by atoms with Crippen molar-refractivity contribution in [2.45, 2.75) is 33.4 Å². The summed E-state index contributed by atoms with van der Waals surface area (Å²) in [6.07, 6.45) is 0.945. The van der Waals surface area contributed by atoms with Crippen LogP contribution in [0, 0.1) is 13.8 Å². The van der Waals surface area contributed by atoms with Gasteiger partial charge in [-0.05, 0) is 68.8 Å². The van der Waals surface area contributed by atoms with Crippen molar-refractivity contribution < 1.29 is 13.9 Å². The van der Waals surface area contributed by atoms with E-state index in [0.717, 1.165) is 11.3 Å². The first-order valence-electron chi connectivity index (χ1n) is 8.64. The second-order valence-electron chi connectivity index (χ2n) is 6.30. The minimum Gasteiger partial charge on any atom is -0.481 e. The number of hydrogen-bond acceptors (Lipinski definition) is 4. The van der Waals surface area contributed by atoms with Gasteiger partial charge in [-0.3, -0.25) is 9.69 Å². The molecule has 3 rings (SSSR count). The Kier molecular flexibility index (Phi) is 5.81. The van der Waals surface area contributed by atoms with E-state index in [9.17, 15) is 4.79 Å². The van der Waals surface area contributed by atoms with E-state index in [1.165, 1.54) is 0 Å². The molecular weight excluding hydrogens is 364 g/mol. The molecule has 1 atom stereocenters. The van der Waals surface area contributed by atoms with E-state index in [1.54, 1.807) is 42.3 Å². The number of hydrogen-bond donors (Lipinski definition) is 0. The monoisotopic (exact) mass is 384 g/mol. The molecule has 6 heteroatoms. The van der Waals surface area contributed by atoms with E-state index >= 15 is 0 Å². The fraction of sp³-hybridized carbons (Fsp3) is 0.238. The summed E-state index contributed by atoms with van der Waals surface area (Å²) >= 11 is 6.05. The molecule has 0 aliphatic rings. The molecule has 0 spiro atoms. The number of carbonyl (C=O) groups excluding carboxylic acids is 1. The molecule has 0 unspecified atom stereocenters. The largest absolute Gasteiger partial charge is 0.481 e. The zero-order valence-corrected chi connectivity index (χ0v) is 16.2. The van der Waals surface area contributed by atoms with E-state index < -0.39 is 6.10 Å². The van der Waals surface area contributed by atoms with E-state index in [1.807, 2.05) is 38.1 Å². The van der Waals surface area contributed by atoms with Crippen LogP contribution in [0.15, 0.2) is 59.1 Å². The maximum Gasteiger partial charge on any atom is 0.269 e. The average Bonchev–Trinajstić information content (AvgIpc) is 3.08. The lowest BCUT2D eigenvalue weighted by Gasteiger charge is -2.24. The predicted molar refractivity (Wildman–Crippen MR) is 105 cm³/mol. The minimum atomic E-state index is -0.705. The molecule has 1 aromatic carbocycles. The number of benzene rings is 1. The van der Waals surface area contributed by atoms with Crippen molar-refractivity contribution in [1.29, 1.82) is 0 Å². The number of aryl methyl sites for hydroxylation is 2. The predicted octanol–water partition coefficient (Wildman–Crippen LogP) is 4.95. The van der Waals surface area contributed by atoms with Gasteiger partial charge in [-0.15, -0.1) is 0 Å². The molecule has 2 aromatic heterocycles. The molecule has 0 saturated heterocycles. The van der Waals surface area contributed by atoms with Crippen LogP contribution in [0.25, 0.3) is 0 Å². The highest BCUT2D eigenvalue weighted by Crippen LogP contribution is 2.23. The molecule has 0 aliphatic heterocycles. The van der Waals surface area contributed by atoms with Gasteiger partial charge < -0.3 is 9.15 Å². The third-order valence-corrected chi connectivity index (χ3v) is 4.52. The Morgan fingerprint density at radius 2 is 2.04 bits per heavy atom. The number of carbonyl (C=O) groups is 1. The van der Waals surface area contributed by atoms with Crippen molar-refractivity contribution >= 4 is 23.3 Å². The lowest BCUT2D eigenvalue weighted by Crippen LogP contribution is -2.40. The standard InChI is InChI=1S/C21H21ClN2O3/c1-14-12-17(9-10-19(14)22)27-16(3)21(25)24(20-6-4-5-11-23-20)13-18-8-7-15(2)26-18/h4-12,16H,13H2,1-3H3/t16-/m0/s1. The lowest BCUT2D eigenvalue weighted by molar-refractivity contribution is -0.124. The third-order valence-electron chi connectivity index (χ3n) is 4.09. The third kappa shape index (κ3) is 4.68.